The van der Waals surface area contributed by atoms with Gasteiger partial charge in [0, 0.05) is 37.0 Å². The van der Waals surface area contributed by atoms with Gasteiger partial charge in [-0.3, -0.25) is 4.79 Å². The minimum absolute atomic E-state index is 0.0633. The summed E-state index contributed by atoms with van der Waals surface area (Å²) in [6, 6.07) is 19.6. The van der Waals surface area contributed by atoms with Crippen molar-refractivity contribution in [2.45, 2.75) is 25.9 Å². The second kappa shape index (κ2) is 8.98. The number of carbonyl (C=O) groups excluding carboxylic acids is 1. The molecule has 33 heavy (non-hydrogen) atoms. The number of nitrogens with zero attached hydrogens (tertiary/aromatic N) is 3. The van der Waals surface area contributed by atoms with Gasteiger partial charge in [0.1, 0.15) is 23.8 Å². The van der Waals surface area contributed by atoms with Crippen LogP contribution >= 0.6 is 0 Å². The van der Waals surface area contributed by atoms with Crippen LogP contribution in [0.1, 0.15) is 39.5 Å². The van der Waals surface area contributed by atoms with Crippen molar-refractivity contribution < 1.29 is 14.3 Å². The first-order chi connectivity index (χ1) is 16.1. The fourth-order valence-corrected chi connectivity index (χ4v) is 4.40. The summed E-state index contributed by atoms with van der Waals surface area (Å²) in [5.41, 5.74) is 4.86. The van der Waals surface area contributed by atoms with E-state index in [1.165, 1.54) is 5.56 Å². The molecule has 1 saturated heterocycles. The Morgan fingerprint density at radius 1 is 1.06 bits per heavy atom. The Balaban J connectivity index is 1.19. The van der Waals surface area contributed by atoms with Gasteiger partial charge < -0.3 is 18.8 Å². The molecule has 0 radical (unpaired) electrons. The Morgan fingerprint density at radius 3 is 2.55 bits per heavy atom. The third-order valence-corrected chi connectivity index (χ3v) is 6.28. The van der Waals surface area contributed by atoms with Crippen molar-refractivity contribution in [3.63, 3.8) is 0 Å². The van der Waals surface area contributed by atoms with Crippen LogP contribution in [-0.2, 0) is 6.61 Å². The van der Waals surface area contributed by atoms with E-state index in [1.54, 1.807) is 7.11 Å². The van der Waals surface area contributed by atoms with Crippen LogP contribution in [0.2, 0.25) is 0 Å². The van der Waals surface area contributed by atoms with Gasteiger partial charge in [0.25, 0.3) is 5.91 Å². The summed E-state index contributed by atoms with van der Waals surface area (Å²) in [5, 5.41) is 0. The van der Waals surface area contributed by atoms with E-state index >= 15 is 0 Å². The van der Waals surface area contributed by atoms with E-state index in [9.17, 15) is 4.79 Å². The quantitative estimate of drug-likeness (QED) is 0.429. The number of benzene rings is 2. The van der Waals surface area contributed by atoms with Crippen LogP contribution in [0.4, 0.5) is 0 Å². The fraction of sp³-hybridized carbons (Fsp3) is 0.259. The molecule has 1 aliphatic rings. The first-order valence-corrected chi connectivity index (χ1v) is 11.2. The van der Waals surface area contributed by atoms with Crippen molar-refractivity contribution in [2.24, 2.45) is 0 Å². The first kappa shape index (κ1) is 21.1. The van der Waals surface area contributed by atoms with E-state index in [1.807, 2.05) is 77.1 Å². The molecule has 2 aromatic heterocycles. The van der Waals surface area contributed by atoms with E-state index in [2.05, 4.69) is 17.1 Å². The molecule has 0 aliphatic carbocycles. The number of hydrogen-bond acceptors (Lipinski definition) is 4. The van der Waals surface area contributed by atoms with Crippen LogP contribution in [-0.4, -0.2) is 40.4 Å². The molecule has 0 N–H and O–H groups in total. The van der Waals surface area contributed by atoms with Gasteiger partial charge in [0.2, 0.25) is 0 Å². The molecular weight excluding hydrogens is 414 g/mol. The van der Waals surface area contributed by atoms with Gasteiger partial charge in [0.05, 0.1) is 12.8 Å². The molecule has 5 rings (SSSR count). The Kier molecular flexibility index (Phi) is 5.73. The van der Waals surface area contributed by atoms with Crippen LogP contribution in [0, 0.1) is 6.92 Å². The molecule has 6 heteroatoms. The van der Waals surface area contributed by atoms with Gasteiger partial charge in [-0.2, -0.15) is 0 Å². The number of carbonyl (C=O) groups is 1. The average Bonchev–Trinajstić information content (AvgIpc) is 3.51. The smallest absolute Gasteiger partial charge is 0.253 e. The Labute approximate surface area is 193 Å². The second-order valence-electron chi connectivity index (χ2n) is 8.48. The zero-order valence-electron chi connectivity index (χ0n) is 18.9. The SMILES string of the molecule is COc1ccc(C2CCN(C(=O)c3ccc(OCc4cn5cccc(C)c5n4)cc3)C2)cc1. The van der Waals surface area contributed by atoms with E-state index < -0.39 is 0 Å². The van der Waals surface area contributed by atoms with Gasteiger partial charge in [-0.05, 0) is 66.9 Å². The van der Waals surface area contributed by atoms with E-state index in [0.717, 1.165) is 47.9 Å². The van der Waals surface area contributed by atoms with Gasteiger partial charge >= 0.3 is 0 Å². The standard InChI is InChI=1S/C27H27N3O3/c1-19-4-3-14-29-17-23(28-26(19)29)18-33-25-11-7-21(8-12-25)27(31)30-15-13-22(16-30)20-5-9-24(32-2)10-6-20/h3-12,14,17,22H,13,15-16,18H2,1-2H3. The molecule has 2 aromatic carbocycles. The first-order valence-electron chi connectivity index (χ1n) is 11.2. The summed E-state index contributed by atoms with van der Waals surface area (Å²) in [6.45, 7) is 3.92. The lowest BCUT2D eigenvalue weighted by molar-refractivity contribution is 0.0790. The summed E-state index contributed by atoms with van der Waals surface area (Å²) in [7, 11) is 1.67. The minimum atomic E-state index is 0.0633. The van der Waals surface area contributed by atoms with Gasteiger partial charge in [-0.25, -0.2) is 4.98 Å². The number of aryl methyl sites for hydroxylation is 1. The Bertz CT molecular complexity index is 1260. The monoisotopic (exact) mass is 441 g/mol. The number of ether oxygens (including phenoxy) is 2. The molecule has 6 nitrogen and oxygen atoms in total. The molecular formula is C27H27N3O3. The highest BCUT2D eigenvalue weighted by Crippen LogP contribution is 2.29. The number of imidazole rings is 1. The van der Waals surface area contributed by atoms with E-state index in [-0.39, 0.29) is 5.91 Å². The zero-order valence-corrected chi connectivity index (χ0v) is 18.9. The maximum Gasteiger partial charge on any atom is 0.253 e. The number of fused-ring (bicyclic) bond motifs is 1. The number of hydrogen-bond donors (Lipinski definition) is 0. The zero-order chi connectivity index (χ0) is 22.8. The molecule has 0 saturated carbocycles. The fourth-order valence-electron chi connectivity index (χ4n) is 4.40. The molecule has 168 valence electrons. The van der Waals surface area contributed by atoms with E-state index in [4.69, 9.17) is 9.47 Å². The number of aromatic nitrogens is 2. The van der Waals surface area contributed by atoms with Crippen LogP contribution in [0.3, 0.4) is 0 Å². The Morgan fingerprint density at radius 2 is 1.82 bits per heavy atom. The number of likely N-dealkylation sites (tertiary alicyclic amines) is 1. The Hall–Kier alpha value is -3.80. The molecule has 0 spiro atoms. The molecule has 3 heterocycles. The maximum atomic E-state index is 13.0. The van der Waals surface area contributed by atoms with Crippen molar-refractivity contribution in [1.82, 2.24) is 14.3 Å². The second-order valence-corrected chi connectivity index (χ2v) is 8.48. The molecule has 0 bridgehead atoms. The number of amides is 1. The third kappa shape index (κ3) is 4.42. The summed E-state index contributed by atoms with van der Waals surface area (Å²) >= 11 is 0. The summed E-state index contributed by atoms with van der Waals surface area (Å²) < 4.78 is 13.1. The van der Waals surface area contributed by atoms with Crippen molar-refractivity contribution >= 4 is 11.6 Å². The summed E-state index contributed by atoms with van der Waals surface area (Å²) in [4.78, 5) is 19.6. The lowest BCUT2D eigenvalue weighted by atomic mass is 9.98. The van der Waals surface area contributed by atoms with Crippen LogP contribution in [0.5, 0.6) is 11.5 Å². The minimum Gasteiger partial charge on any atom is -0.497 e. The summed E-state index contributed by atoms with van der Waals surface area (Å²) in [5.74, 6) is 1.99. The lowest BCUT2D eigenvalue weighted by Crippen LogP contribution is -2.28. The van der Waals surface area contributed by atoms with Crippen LogP contribution in [0.25, 0.3) is 5.65 Å². The molecule has 1 aliphatic heterocycles. The number of pyridine rings is 1. The summed E-state index contributed by atoms with van der Waals surface area (Å²) in [6.07, 6.45) is 4.93. The third-order valence-electron chi connectivity index (χ3n) is 6.28. The van der Waals surface area contributed by atoms with Gasteiger partial charge in [0.15, 0.2) is 0 Å². The van der Waals surface area contributed by atoms with Crippen molar-refractivity contribution in [2.75, 3.05) is 20.2 Å². The van der Waals surface area contributed by atoms with Crippen molar-refractivity contribution in [3.05, 3.63) is 95.4 Å². The molecule has 1 amide bonds. The predicted molar refractivity (Wildman–Crippen MR) is 127 cm³/mol. The van der Waals surface area contributed by atoms with Gasteiger partial charge in [-0.15, -0.1) is 0 Å². The highest BCUT2D eigenvalue weighted by Gasteiger charge is 2.28. The van der Waals surface area contributed by atoms with Crippen molar-refractivity contribution in [1.29, 1.82) is 0 Å². The van der Waals surface area contributed by atoms with Crippen LogP contribution < -0.4 is 9.47 Å². The van der Waals surface area contributed by atoms with Crippen LogP contribution in [0.15, 0.2) is 73.1 Å². The van der Waals surface area contributed by atoms with E-state index in [0.29, 0.717) is 18.1 Å². The molecule has 1 unspecified atom stereocenters. The topological polar surface area (TPSA) is 56.1 Å². The largest absolute Gasteiger partial charge is 0.497 e. The number of methoxy groups -OCH3 is 1. The predicted octanol–water partition coefficient (Wildman–Crippen LogP) is 4.86. The normalized spacial score (nSPS) is 15.7. The average molecular weight is 442 g/mol. The highest BCUT2D eigenvalue weighted by atomic mass is 16.5. The molecule has 1 atom stereocenters. The molecule has 4 aromatic rings. The lowest BCUT2D eigenvalue weighted by Gasteiger charge is -2.17. The van der Waals surface area contributed by atoms with Crippen molar-refractivity contribution in [3.8, 4) is 11.5 Å². The molecule has 1 fully saturated rings. The highest BCUT2D eigenvalue weighted by molar-refractivity contribution is 5.94. The van der Waals surface area contributed by atoms with Gasteiger partial charge in [-0.1, -0.05) is 18.2 Å². The number of rotatable bonds is 6. The maximum absolute atomic E-state index is 13.0.